The van der Waals surface area contributed by atoms with E-state index < -0.39 is 20.0 Å². The molecule has 3 aliphatic rings. The quantitative estimate of drug-likeness (QED) is 0.414. The highest BCUT2D eigenvalue weighted by Crippen LogP contribution is 2.59. The molecule has 3 heterocycles. The first kappa shape index (κ1) is 24.8. The van der Waals surface area contributed by atoms with Crippen LogP contribution < -0.4 is 15.0 Å². The molecule has 0 aliphatic carbocycles. The van der Waals surface area contributed by atoms with Crippen molar-refractivity contribution in [3.63, 3.8) is 0 Å². The van der Waals surface area contributed by atoms with Crippen LogP contribution >= 0.6 is 0 Å². The number of ether oxygens (including phenoxy) is 2. The van der Waals surface area contributed by atoms with Crippen molar-refractivity contribution in [3.8, 4) is 11.5 Å². The highest BCUT2D eigenvalue weighted by Gasteiger charge is 2.64. The molecule has 3 N–H and O–H groups in total. The van der Waals surface area contributed by atoms with Crippen molar-refractivity contribution >= 4 is 37.2 Å². The van der Waals surface area contributed by atoms with Gasteiger partial charge in [-0.25, -0.2) is 0 Å². The number of hydrogen-bond acceptors (Lipinski definition) is 6. The lowest BCUT2D eigenvalue weighted by molar-refractivity contribution is -0.143. The lowest BCUT2D eigenvalue weighted by Gasteiger charge is -2.32. The van der Waals surface area contributed by atoms with Crippen molar-refractivity contribution in [1.29, 1.82) is 0 Å². The second-order valence-electron chi connectivity index (χ2n) is 10.8. The van der Waals surface area contributed by atoms with Gasteiger partial charge in [-0.2, -0.15) is 0 Å². The van der Waals surface area contributed by atoms with E-state index in [1.165, 1.54) is 0 Å². The average Bonchev–Trinajstić information content (AvgIpc) is 3.29. The summed E-state index contributed by atoms with van der Waals surface area (Å²) in [5.41, 5.74) is 1.20. The zero-order chi connectivity index (χ0) is 26.8. The zero-order valence-corrected chi connectivity index (χ0v) is 22.5. The maximum atomic E-state index is 13.9. The minimum Gasteiger partial charge on any atom is -0.454 e. The van der Waals surface area contributed by atoms with Crippen LogP contribution in [0.2, 0.25) is 18.6 Å². The molecule has 6 rings (SSSR count). The fourth-order valence-electron chi connectivity index (χ4n) is 6.49. The molecule has 0 aromatic heterocycles. The normalized spacial score (nSPS) is 25.9. The number of carbonyl (C=O) groups is 2. The van der Waals surface area contributed by atoms with E-state index in [1.807, 2.05) is 56.4 Å². The highest BCUT2D eigenvalue weighted by molar-refractivity contribution is 6.71. The smallest absolute Gasteiger partial charge is 0.266 e. The molecule has 4 atom stereocenters. The zero-order valence-electron chi connectivity index (χ0n) is 21.5. The summed E-state index contributed by atoms with van der Waals surface area (Å²) in [6.07, 6.45) is -0.148. The maximum Gasteiger partial charge on any atom is 0.266 e. The molecule has 0 unspecified atom stereocenters. The summed E-state index contributed by atoms with van der Waals surface area (Å²) in [4.78, 5) is 40.3. The van der Waals surface area contributed by atoms with Gasteiger partial charge in [0.1, 0.15) is 5.75 Å². The van der Waals surface area contributed by atoms with Crippen molar-refractivity contribution in [3.05, 3.63) is 77.9 Å². The van der Waals surface area contributed by atoms with Crippen molar-refractivity contribution in [2.75, 3.05) is 16.8 Å². The second-order valence-corrected chi connectivity index (χ2v) is 14.7. The summed E-state index contributed by atoms with van der Waals surface area (Å²) in [6, 6.07) is 19.9. The van der Waals surface area contributed by atoms with Crippen LogP contribution in [-0.4, -0.2) is 42.7 Å². The number of fused-ring (bicyclic) bond motifs is 4. The number of aliphatic hydroxyl groups is 1. The number of carbonyl (C=O) groups excluding carboxylic acids is 2. The van der Waals surface area contributed by atoms with Gasteiger partial charge >= 0.3 is 0 Å². The van der Waals surface area contributed by atoms with Crippen molar-refractivity contribution in [2.45, 2.75) is 43.7 Å². The van der Waals surface area contributed by atoms with Gasteiger partial charge in [0, 0.05) is 35.0 Å². The second kappa shape index (κ2) is 8.77. The molecule has 9 heteroatoms. The Balaban J connectivity index is 1.51. The predicted octanol–water partition coefficient (Wildman–Crippen LogP) is 4.90. The van der Waals surface area contributed by atoms with Crippen LogP contribution in [0.1, 0.15) is 29.3 Å². The number of rotatable bonds is 4. The SMILES string of the molecule is C[C@@H]1[C@@H]([Si](C)(C)O)[C@H](CCO)O[C@@]12C(=O)Nc1ccc(N3C(=O)c4ccccc4Oc4ccccc43)cc12. The Morgan fingerprint density at radius 2 is 1.74 bits per heavy atom. The van der Waals surface area contributed by atoms with E-state index in [9.17, 15) is 19.5 Å². The molecule has 2 amide bonds. The number of hydrogen-bond donors (Lipinski definition) is 3. The van der Waals surface area contributed by atoms with E-state index in [2.05, 4.69) is 5.32 Å². The maximum absolute atomic E-state index is 13.9. The predicted molar refractivity (Wildman–Crippen MR) is 145 cm³/mol. The summed E-state index contributed by atoms with van der Waals surface area (Å²) in [5.74, 6) is 0.115. The minimum atomic E-state index is -2.78. The van der Waals surface area contributed by atoms with Gasteiger partial charge in [-0.05, 0) is 62.0 Å². The fraction of sp³-hybridized carbons (Fsp3) is 0.310. The molecule has 8 nitrogen and oxygen atoms in total. The van der Waals surface area contributed by atoms with Crippen molar-refractivity contribution in [2.24, 2.45) is 5.92 Å². The molecule has 3 aromatic carbocycles. The Hall–Kier alpha value is -3.50. The van der Waals surface area contributed by atoms with Gasteiger partial charge in [0.15, 0.2) is 19.7 Å². The third-order valence-corrected chi connectivity index (χ3v) is 10.5. The molecular formula is C29H30N2O6Si. The van der Waals surface area contributed by atoms with E-state index in [4.69, 9.17) is 9.47 Å². The van der Waals surface area contributed by atoms with E-state index in [-0.39, 0.29) is 29.9 Å². The van der Waals surface area contributed by atoms with E-state index in [0.29, 0.717) is 46.1 Å². The van der Waals surface area contributed by atoms with Gasteiger partial charge in [0.2, 0.25) is 0 Å². The number of nitrogens with one attached hydrogen (secondary N) is 1. The van der Waals surface area contributed by atoms with Gasteiger partial charge < -0.3 is 24.7 Å². The first-order valence-corrected chi connectivity index (χ1v) is 15.9. The van der Waals surface area contributed by atoms with Crippen LogP contribution in [0.25, 0.3) is 0 Å². The average molecular weight is 531 g/mol. The fourth-order valence-corrected chi connectivity index (χ4v) is 9.09. The molecule has 1 spiro atoms. The van der Waals surface area contributed by atoms with Crippen LogP contribution in [-0.2, 0) is 15.1 Å². The molecule has 196 valence electrons. The van der Waals surface area contributed by atoms with Crippen LogP contribution in [0.3, 0.4) is 0 Å². The number of benzene rings is 3. The molecule has 3 aliphatic heterocycles. The lowest BCUT2D eigenvalue weighted by Crippen LogP contribution is -2.43. The molecule has 0 radical (unpaired) electrons. The Bertz CT molecular complexity index is 1450. The summed E-state index contributed by atoms with van der Waals surface area (Å²) in [7, 11) is -2.78. The van der Waals surface area contributed by atoms with Gasteiger partial charge in [0.05, 0.1) is 17.4 Å². The van der Waals surface area contributed by atoms with E-state index in [1.54, 1.807) is 35.2 Å². The van der Waals surface area contributed by atoms with E-state index >= 15 is 0 Å². The lowest BCUT2D eigenvalue weighted by atomic mass is 9.82. The van der Waals surface area contributed by atoms with Crippen LogP contribution in [0.5, 0.6) is 11.5 Å². The number of anilines is 3. The van der Waals surface area contributed by atoms with E-state index in [0.717, 1.165) is 0 Å². The minimum absolute atomic E-state index is 0.110. The topological polar surface area (TPSA) is 108 Å². The monoisotopic (exact) mass is 530 g/mol. The summed E-state index contributed by atoms with van der Waals surface area (Å²) in [6.45, 7) is 5.51. The Morgan fingerprint density at radius 3 is 2.47 bits per heavy atom. The first-order valence-electron chi connectivity index (χ1n) is 12.8. The molecule has 3 aromatic rings. The molecular weight excluding hydrogens is 500 g/mol. The molecule has 1 fully saturated rings. The first-order chi connectivity index (χ1) is 18.2. The molecule has 1 saturated heterocycles. The van der Waals surface area contributed by atoms with Gasteiger partial charge in [0.25, 0.3) is 11.8 Å². The summed E-state index contributed by atoms with van der Waals surface area (Å²) >= 11 is 0. The Kier molecular flexibility index (Phi) is 5.73. The van der Waals surface area contributed by atoms with Gasteiger partial charge in [-0.1, -0.05) is 31.2 Å². The third kappa shape index (κ3) is 3.54. The molecule has 38 heavy (non-hydrogen) atoms. The number of amides is 2. The van der Waals surface area contributed by atoms with Crippen LogP contribution in [0.4, 0.5) is 17.1 Å². The van der Waals surface area contributed by atoms with Gasteiger partial charge in [-0.3, -0.25) is 14.5 Å². The molecule has 0 bridgehead atoms. The third-order valence-electron chi connectivity index (χ3n) is 8.04. The van der Waals surface area contributed by atoms with Crippen molar-refractivity contribution in [1.82, 2.24) is 0 Å². The number of aliphatic hydroxyl groups excluding tert-OH is 1. The largest absolute Gasteiger partial charge is 0.454 e. The summed E-state index contributed by atoms with van der Waals surface area (Å²) < 4.78 is 12.7. The van der Waals surface area contributed by atoms with Crippen molar-refractivity contribution < 1.29 is 29.0 Å². The van der Waals surface area contributed by atoms with Crippen LogP contribution in [0.15, 0.2) is 66.7 Å². The van der Waals surface area contributed by atoms with Crippen LogP contribution in [0, 0.1) is 5.92 Å². The Labute approximate surface area is 221 Å². The highest BCUT2D eigenvalue weighted by atomic mass is 28.4. The number of para-hydroxylation sites is 3. The number of nitrogens with zero attached hydrogens (tertiary/aromatic N) is 1. The standard InChI is InChI=1S/C29H30N2O6Si/c1-17-26(38(2,3)35)25(14-15-32)37-29(17)20-16-18(12-13-21(20)30-28(29)34)31-22-9-5-7-11-24(22)36-23-10-6-4-8-19(23)27(31)33/h4-13,16-17,25-26,32,35H,14-15H2,1-3H3,(H,30,34)/t17-,25+,26-,29+/m1/s1. The Morgan fingerprint density at radius 1 is 1.03 bits per heavy atom. The molecule has 0 saturated carbocycles. The summed E-state index contributed by atoms with van der Waals surface area (Å²) in [5, 5.41) is 12.7. The van der Waals surface area contributed by atoms with Gasteiger partial charge in [-0.15, -0.1) is 0 Å².